The highest BCUT2D eigenvalue weighted by molar-refractivity contribution is 5.21. The van der Waals surface area contributed by atoms with Crippen LogP contribution in [0.4, 0.5) is 0 Å². The van der Waals surface area contributed by atoms with Gasteiger partial charge in [-0.2, -0.15) is 0 Å². The zero-order valence-corrected chi connectivity index (χ0v) is 10.4. The SMILES string of the molecule is CCNC(CC1CCC1)c1ncccc1C. The summed E-state index contributed by atoms with van der Waals surface area (Å²) in [5.41, 5.74) is 2.56. The van der Waals surface area contributed by atoms with E-state index in [0.29, 0.717) is 6.04 Å². The Balaban J connectivity index is 2.08. The van der Waals surface area contributed by atoms with Gasteiger partial charge in [-0.25, -0.2) is 0 Å². The quantitative estimate of drug-likeness (QED) is 0.820. The zero-order valence-electron chi connectivity index (χ0n) is 10.4. The van der Waals surface area contributed by atoms with Crippen molar-refractivity contribution in [1.29, 1.82) is 0 Å². The molecule has 0 spiro atoms. The topological polar surface area (TPSA) is 24.9 Å². The molecule has 1 N–H and O–H groups in total. The minimum Gasteiger partial charge on any atom is -0.309 e. The number of aromatic nitrogens is 1. The van der Waals surface area contributed by atoms with E-state index >= 15 is 0 Å². The van der Waals surface area contributed by atoms with Gasteiger partial charge in [-0.1, -0.05) is 32.3 Å². The van der Waals surface area contributed by atoms with E-state index in [-0.39, 0.29) is 0 Å². The van der Waals surface area contributed by atoms with Gasteiger partial charge in [0.25, 0.3) is 0 Å². The van der Waals surface area contributed by atoms with E-state index in [1.165, 1.54) is 36.9 Å². The predicted octanol–water partition coefficient (Wildman–Crippen LogP) is 3.23. The van der Waals surface area contributed by atoms with Crippen LogP contribution >= 0.6 is 0 Å². The predicted molar refractivity (Wildman–Crippen MR) is 67.3 cm³/mol. The molecule has 1 aromatic heterocycles. The second-order valence-corrected chi connectivity index (χ2v) is 4.85. The van der Waals surface area contributed by atoms with Crippen molar-refractivity contribution in [1.82, 2.24) is 10.3 Å². The Morgan fingerprint density at radius 2 is 2.31 bits per heavy atom. The van der Waals surface area contributed by atoms with Crippen molar-refractivity contribution in [3.8, 4) is 0 Å². The minimum atomic E-state index is 0.455. The fraction of sp³-hybridized carbons (Fsp3) is 0.643. The number of hydrogen-bond acceptors (Lipinski definition) is 2. The van der Waals surface area contributed by atoms with E-state index in [0.717, 1.165) is 12.5 Å². The fourth-order valence-electron chi connectivity index (χ4n) is 2.46. The number of aryl methyl sites for hydroxylation is 1. The van der Waals surface area contributed by atoms with Gasteiger partial charge >= 0.3 is 0 Å². The molecule has 1 aliphatic rings. The maximum Gasteiger partial charge on any atom is 0.0602 e. The van der Waals surface area contributed by atoms with Gasteiger partial charge in [-0.3, -0.25) is 4.98 Å². The molecule has 2 heteroatoms. The summed E-state index contributed by atoms with van der Waals surface area (Å²) in [5.74, 6) is 0.922. The molecule has 0 saturated heterocycles. The van der Waals surface area contributed by atoms with E-state index in [1.807, 2.05) is 12.3 Å². The maximum absolute atomic E-state index is 4.55. The summed E-state index contributed by atoms with van der Waals surface area (Å²) in [4.78, 5) is 4.55. The highest BCUT2D eigenvalue weighted by atomic mass is 14.9. The second kappa shape index (κ2) is 5.44. The lowest BCUT2D eigenvalue weighted by Gasteiger charge is -2.30. The van der Waals surface area contributed by atoms with E-state index in [4.69, 9.17) is 0 Å². The molecule has 1 atom stereocenters. The number of hydrogen-bond donors (Lipinski definition) is 1. The van der Waals surface area contributed by atoms with Crippen LogP contribution in [0.25, 0.3) is 0 Å². The molecule has 16 heavy (non-hydrogen) atoms. The first kappa shape index (κ1) is 11.6. The molecule has 1 aliphatic carbocycles. The summed E-state index contributed by atoms with van der Waals surface area (Å²) >= 11 is 0. The molecule has 0 bridgehead atoms. The summed E-state index contributed by atoms with van der Waals surface area (Å²) in [6.45, 7) is 5.35. The maximum atomic E-state index is 4.55. The van der Waals surface area contributed by atoms with E-state index in [9.17, 15) is 0 Å². The van der Waals surface area contributed by atoms with E-state index in [2.05, 4.69) is 30.2 Å². The molecule has 1 unspecified atom stereocenters. The van der Waals surface area contributed by atoms with Crippen molar-refractivity contribution in [2.75, 3.05) is 6.54 Å². The first-order valence-corrected chi connectivity index (χ1v) is 6.46. The Hall–Kier alpha value is -0.890. The third-order valence-electron chi connectivity index (χ3n) is 3.62. The van der Waals surface area contributed by atoms with Gasteiger partial charge in [-0.05, 0) is 37.4 Å². The van der Waals surface area contributed by atoms with Crippen LogP contribution in [0, 0.1) is 12.8 Å². The zero-order chi connectivity index (χ0) is 11.4. The Bertz CT molecular complexity index is 331. The lowest BCUT2D eigenvalue weighted by Crippen LogP contribution is -2.27. The normalized spacial score (nSPS) is 18.1. The van der Waals surface area contributed by atoms with Gasteiger partial charge in [0.15, 0.2) is 0 Å². The van der Waals surface area contributed by atoms with Crippen molar-refractivity contribution < 1.29 is 0 Å². The Morgan fingerprint density at radius 1 is 1.50 bits per heavy atom. The third kappa shape index (κ3) is 2.62. The molecule has 1 saturated carbocycles. The van der Waals surface area contributed by atoms with Crippen molar-refractivity contribution >= 4 is 0 Å². The van der Waals surface area contributed by atoms with Crippen molar-refractivity contribution in [3.63, 3.8) is 0 Å². The summed E-state index contributed by atoms with van der Waals surface area (Å²) in [5, 5.41) is 3.58. The van der Waals surface area contributed by atoms with Crippen LogP contribution in [0.15, 0.2) is 18.3 Å². The molecule has 1 fully saturated rings. The van der Waals surface area contributed by atoms with Crippen LogP contribution < -0.4 is 5.32 Å². The van der Waals surface area contributed by atoms with Crippen LogP contribution in [0.5, 0.6) is 0 Å². The molecule has 0 aliphatic heterocycles. The molecule has 1 heterocycles. The molecule has 0 amide bonds. The Labute approximate surface area is 98.5 Å². The number of rotatable bonds is 5. The lowest BCUT2D eigenvalue weighted by atomic mass is 9.80. The molecule has 2 nitrogen and oxygen atoms in total. The van der Waals surface area contributed by atoms with Gasteiger partial charge in [0.05, 0.1) is 5.69 Å². The molecular formula is C14H22N2. The van der Waals surface area contributed by atoms with Crippen molar-refractivity contribution in [2.24, 2.45) is 5.92 Å². The minimum absolute atomic E-state index is 0.455. The fourth-order valence-corrected chi connectivity index (χ4v) is 2.46. The summed E-state index contributed by atoms with van der Waals surface area (Å²) in [6, 6.07) is 4.63. The van der Waals surface area contributed by atoms with Gasteiger partial charge < -0.3 is 5.32 Å². The Morgan fingerprint density at radius 3 is 2.88 bits per heavy atom. The van der Waals surface area contributed by atoms with Crippen LogP contribution in [0.1, 0.15) is 49.9 Å². The molecule has 0 aromatic carbocycles. The van der Waals surface area contributed by atoms with Crippen LogP contribution in [0.3, 0.4) is 0 Å². The first-order chi connectivity index (χ1) is 7.81. The monoisotopic (exact) mass is 218 g/mol. The van der Waals surface area contributed by atoms with Gasteiger partial charge in [-0.15, -0.1) is 0 Å². The number of pyridine rings is 1. The molecule has 88 valence electrons. The standard InChI is InChI=1S/C14H22N2/c1-3-15-13(10-12-7-4-8-12)14-11(2)6-5-9-16-14/h5-6,9,12-13,15H,3-4,7-8,10H2,1-2H3. The molecular weight excluding hydrogens is 196 g/mol. The summed E-state index contributed by atoms with van der Waals surface area (Å²) in [6.07, 6.45) is 7.41. The van der Waals surface area contributed by atoms with E-state index < -0.39 is 0 Å². The first-order valence-electron chi connectivity index (χ1n) is 6.46. The number of nitrogens with one attached hydrogen (secondary N) is 1. The van der Waals surface area contributed by atoms with Gasteiger partial charge in [0.2, 0.25) is 0 Å². The highest BCUT2D eigenvalue weighted by Gasteiger charge is 2.23. The van der Waals surface area contributed by atoms with Gasteiger partial charge in [0.1, 0.15) is 0 Å². The Kier molecular flexibility index (Phi) is 3.94. The van der Waals surface area contributed by atoms with Crippen molar-refractivity contribution in [2.45, 2.75) is 45.6 Å². The van der Waals surface area contributed by atoms with Crippen LogP contribution in [0.2, 0.25) is 0 Å². The molecule has 0 radical (unpaired) electrons. The average molecular weight is 218 g/mol. The van der Waals surface area contributed by atoms with Gasteiger partial charge in [0, 0.05) is 12.2 Å². The third-order valence-corrected chi connectivity index (χ3v) is 3.62. The largest absolute Gasteiger partial charge is 0.309 e. The van der Waals surface area contributed by atoms with Crippen molar-refractivity contribution in [3.05, 3.63) is 29.6 Å². The van der Waals surface area contributed by atoms with Crippen LogP contribution in [-0.4, -0.2) is 11.5 Å². The highest BCUT2D eigenvalue weighted by Crippen LogP contribution is 2.34. The average Bonchev–Trinajstić information content (AvgIpc) is 2.23. The summed E-state index contributed by atoms with van der Waals surface area (Å²) < 4.78 is 0. The summed E-state index contributed by atoms with van der Waals surface area (Å²) in [7, 11) is 0. The van der Waals surface area contributed by atoms with E-state index in [1.54, 1.807) is 0 Å². The molecule has 2 rings (SSSR count). The molecule has 1 aromatic rings. The number of nitrogens with zero attached hydrogens (tertiary/aromatic N) is 1. The second-order valence-electron chi connectivity index (χ2n) is 4.85. The lowest BCUT2D eigenvalue weighted by molar-refractivity contribution is 0.260. The van der Waals surface area contributed by atoms with Crippen LogP contribution in [-0.2, 0) is 0 Å². The smallest absolute Gasteiger partial charge is 0.0602 e.